The van der Waals surface area contributed by atoms with Gasteiger partial charge in [0.05, 0.1) is 19.1 Å². The normalized spacial score (nSPS) is 17.3. The van der Waals surface area contributed by atoms with E-state index in [0.29, 0.717) is 38.4 Å². The first-order valence-electron chi connectivity index (χ1n) is 8.09. The molecule has 0 spiro atoms. The molecule has 1 aromatic carbocycles. The molecule has 0 unspecified atom stereocenters. The van der Waals surface area contributed by atoms with Crippen LogP contribution < -0.4 is 0 Å². The molecule has 1 atom stereocenters. The van der Waals surface area contributed by atoms with E-state index in [9.17, 15) is 14.3 Å². The topological polar surface area (TPSA) is 53.0 Å². The van der Waals surface area contributed by atoms with Gasteiger partial charge < -0.3 is 14.7 Å². The van der Waals surface area contributed by atoms with Crippen LogP contribution in [0, 0.1) is 5.82 Å². The summed E-state index contributed by atoms with van der Waals surface area (Å²) in [5, 5.41) is 9.85. The van der Waals surface area contributed by atoms with Gasteiger partial charge in [-0.3, -0.25) is 9.69 Å². The Bertz CT molecular complexity index is 504. The van der Waals surface area contributed by atoms with Crippen molar-refractivity contribution >= 4 is 5.91 Å². The average Bonchev–Trinajstić information content (AvgIpc) is 2.53. The van der Waals surface area contributed by atoms with E-state index in [1.165, 1.54) is 12.1 Å². The number of β-amino-alcohol motifs (C(OH)–C–C–N with tert-alkyl or cyclic N) is 1. The van der Waals surface area contributed by atoms with Gasteiger partial charge in [-0.25, -0.2) is 4.39 Å². The van der Waals surface area contributed by atoms with Crippen LogP contribution in [0.25, 0.3) is 0 Å². The molecule has 1 N–H and O–H groups in total. The maximum atomic E-state index is 13.2. The number of rotatable bonds is 7. The van der Waals surface area contributed by atoms with Crippen LogP contribution in [0.5, 0.6) is 0 Å². The molecular weight excluding hydrogens is 299 g/mol. The number of carbonyl (C=O) groups excluding carboxylic acids is 1. The number of amides is 1. The lowest BCUT2D eigenvalue weighted by Gasteiger charge is -2.35. The minimum atomic E-state index is -0.496. The molecular formula is C17H25FN2O3. The van der Waals surface area contributed by atoms with Crippen LogP contribution in [-0.4, -0.2) is 72.9 Å². The van der Waals surface area contributed by atoms with Crippen molar-refractivity contribution in [3.63, 3.8) is 0 Å². The third-order valence-corrected chi connectivity index (χ3v) is 3.95. The summed E-state index contributed by atoms with van der Waals surface area (Å²) < 4.78 is 18.4. The molecule has 0 aliphatic carbocycles. The van der Waals surface area contributed by atoms with Crippen LogP contribution in [0.15, 0.2) is 24.3 Å². The van der Waals surface area contributed by atoms with Crippen molar-refractivity contribution in [1.29, 1.82) is 0 Å². The monoisotopic (exact) mass is 324 g/mol. The van der Waals surface area contributed by atoms with Crippen molar-refractivity contribution in [1.82, 2.24) is 9.80 Å². The van der Waals surface area contributed by atoms with Gasteiger partial charge in [0.15, 0.2) is 0 Å². The zero-order valence-electron chi connectivity index (χ0n) is 13.6. The Labute approximate surface area is 136 Å². The van der Waals surface area contributed by atoms with Crippen molar-refractivity contribution < 1.29 is 19.0 Å². The maximum Gasteiger partial charge on any atom is 0.227 e. The molecule has 0 aromatic heterocycles. The summed E-state index contributed by atoms with van der Waals surface area (Å²) >= 11 is 0. The quantitative estimate of drug-likeness (QED) is 0.810. The molecule has 1 heterocycles. The lowest BCUT2D eigenvalue weighted by Crippen LogP contribution is -2.51. The second-order valence-electron chi connectivity index (χ2n) is 5.80. The standard InChI is InChI=1S/C17H25FN2O3/c1-2-23-13-16(21)12-19-6-8-20(9-7-19)17(22)11-14-4-3-5-15(18)10-14/h3-5,10,16,21H,2,6-9,11-13H2,1H3/t16-/m1/s1. The second-order valence-corrected chi connectivity index (χ2v) is 5.80. The van der Waals surface area contributed by atoms with E-state index in [0.717, 1.165) is 13.1 Å². The molecule has 1 aliphatic rings. The molecule has 128 valence electrons. The van der Waals surface area contributed by atoms with Crippen molar-refractivity contribution in [2.24, 2.45) is 0 Å². The Balaban J connectivity index is 1.74. The Kier molecular flexibility index (Phi) is 6.95. The zero-order valence-corrected chi connectivity index (χ0v) is 13.6. The molecule has 1 amide bonds. The molecule has 0 radical (unpaired) electrons. The lowest BCUT2D eigenvalue weighted by atomic mass is 10.1. The van der Waals surface area contributed by atoms with Crippen LogP contribution in [-0.2, 0) is 16.0 Å². The fourth-order valence-electron chi connectivity index (χ4n) is 2.72. The molecule has 5 nitrogen and oxygen atoms in total. The van der Waals surface area contributed by atoms with Crippen molar-refractivity contribution in [2.75, 3.05) is 45.9 Å². The predicted molar refractivity (Wildman–Crippen MR) is 85.6 cm³/mol. The van der Waals surface area contributed by atoms with Gasteiger partial charge in [-0.05, 0) is 24.6 Å². The molecule has 0 bridgehead atoms. The third kappa shape index (κ3) is 5.89. The van der Waals surface area contributed by atoms with E-state index in [1.54, 1.807) is 17.0 Å². The number of aliphatic hydroxyl groups excluding tert-OH is 1. The second kappa shape index (κ2) is 8.96. The van der Waals surface area contributed by atoms with Crippen LogP contribution in [0.3, 0.4) is 0 Å². The third-order valence-electron chi connectivity index (χ3n) is 3.95. The summed E-state index contributed by atoms with van der Waals surface area (Å²) in [6.45, 7) is 6.14. The summed E-state index contributed by atoms with van der Waals surface area (Å²) in [6.07, 6.45) is -0.269. The highest BCUT2D eigenvalue weighted by Gasteiger charge is 2.22. The molecule has 6 heteroatoms. The number of benzene rings is 1. The van der Waals surface area contributed by atoms with Gasteiger partial charge in [-0.15, -0.1) is 0 Å². The molecule has 1 fully saturated rings. The van der Waals surface area contributed by atoms with Crippen LogP contribution in [0.1, 0.15) is 12.5 Å². The summed E-state index contributed by atoms with van der Waals surface area (Å²) in [6, 6.07) is 6.16. The van der Waals surface area contributed by atoms with E-state index in [4.69, 9.17) is 4.74 Å². The SMILES string of the molecule is CCOC[C@H](O)CN1CCN(C(=O)Cc2cccc(F)c2)CC1. The number of nitrogens with zero attached hydrogens (tertiary/aromatic N) is 2. The van der Waals surface area contributed by atoms with E-state index >= 15 is 0 Å². The minimum absolute atomic E-state index is 0.0186. The van der Waals surface area contributed by atoms with Crippen molar-refractivity contribution in [3.05, 3.63) is 35.6 Å². The first-order valence-corrected chi connectivity index (χ1v) is 8.09. The average molecular weight is 324 g/mol. The number of hydrogen-bond donors (Lipinski definition) is 1. The van der Waals surface area contributed by atoms with Crippen LogP contribution in [0.4, 0.5) is 4.39 Å². The van der Waals surface area contributed by atoms with Gasteiger partial charge in [-0.1, -0.05) is 12.1 Å². The van der Waals surface area contributed by atoms with Gasteiger partial charge in [0.1, 0.15) is 5.82 Å². The molecule has 23 heavy (non-hydrogen) atoms. The van der Waals surface area contributed by atoms with Gasteiger partial charge in [-0.2, -0.15) is 0 Å². The van der Waals surface area contributed by atoms with E-state index < -0.39 is 6.10 Å². The highest BCUT2D eigenvalue weighted by atomic mass is 19.1. The Morgan fingerprint density at radius 1 is 1.35 bits per heavy atom. The van der Waals surface area contributed by atoms with E-state index in [-0.39, 0.29) is 18.1 Å². The smallest absolute Gasteiger partial charge is 0.227 e. The zero-order chi connectivity index (χ0) is 16.7. The summed E-state index contributed by atoms with van der Waals surface area (Å²) in [7, 11) is 0. The first kappa shape index (κ1) is 17.8. The molecule has 1 aromatic rings. The maximum absolute atomic E-state index is 13.2. The largest absolute Gasteiger partial charge is 0.389 e. The highest BCUT2D eigenvalue weighted by molar-refractivity contribution is 5.78. The summed E-state index contributed by atoms with van der Waals surface area (Å²) in [5.74, 6) is -0.298. The highest BCUT2D eigenvalue weighted by Crippen LogP contribution is 2.09. The predicted octanol–water partition coefficient (Wildman–Crippen LogP) is 0.910. The Morgan fingerprint density at radius 2 is 2.09 bits per heavy atom. The van der Waals surface area contributed by atoms with E-state index in [1.807, 2.05) is 6.92 Å². The van der Waals surface area contributed by atoms with Gasteiger partial charge in [0.25, 0.3) is 0 Å². The number of hydrogen-bond acceptors (Lipinski definition) is 4. The summed E-state index contributed by atoms with van der Waals surface area (Å²) in [4.78, 5) is 16.2. The van der Waals surface area contributed by atoms with Gasteiger partial charge in [0, 0.05) is 39.3 Å². The van der Waals surface area contributed by atoms with Crippen LogP contribution >= 0.6 is 0 Å². The molecule has 1 aliphatic heterocycles. The van der Waals surface area contributed by atoms with E-state index in [2.05, 4.69) is 4.90 Å². The number of ether oxygens (including phenoxy) is 1. The fraction of sp³-hybridized carbons (Fsp3) is 0.588. The van der Waals surface area contributed by atoms with Crippen LogP contribution in [0.2, 0.25) is 0 Å². The summed E-state index contributed by atoms with van der Waals surface area (Å²) in [5.41, 5.74) is 0.699. The van der Waals surface area contributed by atoms with Gasteiger partial charge in [0.2, 0.25) is 5.91 Å². The molecule has 0 saturated carbocycles. The first-order chi connectivity index (χ1) is 11.1. The fourth-order valence-corrected chi connectivity index (χ4v) is 2.72. The lowest BCUT2D eigenvalue weighted by molar-refractivity contribution is -0.132. The Morgan fingerprint density at radius 3 is 2.74 bits per heavy atom. The minimum Gasteiger partial charge on any atom is -0.389 e. The van der Waals surface area contributed by atoms with Crippen molar-refractivity contribution in [3.8, 4) is 0 Å². The number of halogens is 1. The Hall–Kier alpha value is -1.50. The van der Waals surface area contributed by atoms with Crippen molar-refractivity contribution in [2.45, 2.75) is 19.4 Å². The molecule has 1 saturated heterocycles. The molecule has 2 rings (SSSR count). The number of aliphatic hydroxyl groups is 1. The van der Waals surface area contributed by atoms with Gasteiger partial charge >= 0.3 is 0 Å². The number of carbonyl (C=O) groups is 1. The number of piperazine rings is 1.